The molecule has 33 heavy (non-hydrogen) atoms. The fourth-order valence-electron chi connectivity index (χ4n) is 5.66. The highest BCUT2D eigenvalue weighted by Gasteiger charge is 2.70. The molecule has 3 fully saturated rings. The van der Waals surface area contributed by atoms with Crippen LogP contribution in [0.4, 0.5) is 15.3 Å². The van der Waals surface area contributed by atoms with Crippen LogP contribution in [0.15, 0.2) is 36.5 Å². The van der Waals surface area contributed by atoms with Crippen molar-refractivity contribution in [3.63, 3.8) is 0 Å². The van der Waals surface area contributed by atoms with Gasteiger partial charge in [0, 0.05) is 23.6 Å². The Balaban J connectivity index is 1.22. The van der Waals surface area contributed by atoms with E-state index in [0.717, 1.165) is 28.1 Å². The molecule has 2 aromatic rings. The summed E-state index contributed by atoms with van der Waals surface area (Å²) in [5.41, 5.74) is 4.13. The molecule has 2 saturated heterocycles. The van der Waals surface area contributed by atoms with Crippen molar-refractivity contribution in [2.75, 3.05) is 31.8 Å². The lowest BCUT2D eigenvalue weighted by Crippen LogP contribution is -2.40. The summed E-state index contributed by atoms with van der Waals surface area (Å²) < 4.78 is 15.5. The van der Waals surface area contributed by atoms with E-state index in [9.17, 15) is 14.9 Å². The first kappa shape index (κ1) is 20.0. The van der Waals surface area contributed by atoms with Crippen LogP contribution in [0.2, 0.25) is 0 Å². The van der Waals surface area contributed by atoms with Crippen LogP contribution in [-0.4, -0.2) is 56.2 Å². The van der Waals surface area contributed by atoms with Gasteiger partial charge in [-0.2, -0.15) is 5.26 Å². The highest BCUT2D eigenvalue weighted by Crippen LogP contribution is 2.62. The Morgan fingerprint density at radius 3 is 2.79 bits per heavy atom. The van der Waals surface area contributed by atoms with Crippen LogP contribution in [0.3, 0.4) is 0 Å². The number of nitrogens with zero attached hydrogens (tertiary/aromatic N) is 3. The van der Waals surface area contributed by atoms with E-state index in [1.54, 1.807) is 4.90 Å². The van der Waals surface area contributed by atoms with Crippen molar-refractivity contribution < 1.29 is 23.8 Å². The van der Waals surface area contributed by atoms with E-state index < -0.39 is 23.7 Å². The Morgan fingerprint density at radius 2 is 2.09 bits per heavy atom. The van der Waals surface area contributed by atoms with E-state index in [4.69, 9.17) is 9.47 Å². The Labute approximate surface area is 190 Å². The molecule has 1 aromatic carbocycles. The third-order valence-electron chi connectivity index (χ3n) is 7.46. The van der Waals surface area contributed by atoms with Gasteiger partial charge in [-0.05, 0) is 35.7 Å². The zero-order valence-electron chi connectivity index (χ0n) is 18.0. The third kappa shape index (κ3) is 2.84. The summed E-state index contributed by atoms with van der Waals surface area (Å²) in [6.45, 7) is 1.45. The van der Waals surface area contributed by atoms with Crippen LogP contribution >= 0.6 is 0 Å². The van der Waals surface area contributed by atoms with E-state index in [2.05, 4.69) is 27.2 Å². The van der Waals surface area contributed by atoms with Gasteiger partial charge in [0.1, 0.15) is 11.5 Å². The molecule has 9 nitrogen and oxygen atoms in total. The van der Waals surface area contributed by atoms with E-state index in [0.29, 0.717) is 19.6 Å². The number of nitriles is 1. The second-order valence-corrected chi connectivity index (χ2v) is 8.94. The zero-order valence-corrected chi connectivity index (χ0v) is 18.0. The molecule has 0 bridgehead atoms. The number of cyclic esters (lactones) is 1. The minimum absolute atomic E-state index is 0.174. The highest BCUT2D eigenvalue weighted by atomic mass is 16.6. The van der Waals surface area contributed by atoms with Gasteiger partial charge in [-0.15, -0.1) is 0 Å². The minimum atomic E-state index is -0.557. The molecule has 1 aromatic heterocycles. The quantitative estimate of drug-likeness (QED) is 0.767. The summed E-state index contributed by atoms with van der Waals surface area (Å²) in [4.78, 5) is 30.2. The number of ether oxygens (including phenoxy) is 3. The van der Waals surface area contributed by atoms with Gasteiger partial charge in [-0.25, -0.2) is 9.59 Å². The normalized spacial score (nSPS) is 30.7. The number of carbonyl (C=O) groups excluding carboxylic acids is 2. The molecule has 1 N–H and O–H groups in total. The van der Waals surface area contributed by atoms with E-state index >= 15 is 0 Å². The molecule has 2 amide bonds. The molecule has 168 valence electrons. The number of benzene rings is 1. The largest absolute Gasteiger partial charge is 0.453 e. The summed E-state index contributed by atoms with van der Waals surface area (Å²) in [5.74, 6) is 0.492. The molecule has 0 radical (unpaired) electrons. The summed E-state index contributed by atoms with van der Waals surface area (Å²) in [6, 6.07) is 12.2. The zero-order chi connectivity index (χ0) is 22.7. The monoisotopic (exact) mass is 446 g/mol. The predicted molar refractivity (Wildman–Crippen MR) is 115 cm³/mol. The number of alkyl carbamates (subject to hydrolysis) is 1. The highest BCUT2D eigenvalue weighted by molar-refractivity contribution is 5.94. The SMILES string of the molecule is COC(=O)NC[C@@H]1OC(=O)N2c3ccc(-c4ccc(C5(C#N)[C@@H]6COC[C@@H]65)nc4)cc3C[C@@H]12. The summed E-state index contributed by atoms with van der Waals surface area (Å²) in [6.07, 6.45) is 1.04. The third-order valence-corrected chi connectivity index (χ3v) is 7.46. The predicted octanol–water partition coefficient (Wildman–Crippen LogP) is 2.39. The lowest BCUT2D eigenvalue weighted by atomic mass is 9.96. The number of amides is 2. The number of aromatic nitrogens is 1. The molecule has 1 saturated carbocycles. The van der Waals surface area contributed by atoms with Gasteiger partial charge in [0.05, 0.1) is 50.4 Å². The molecule has 5 atom stereocenters. The first-order valence-corrected chi connectivity index (χ1v) is 11.0. The van der Waals surface area contributed by atoms with Gasteiger partial charge in [0.2, 0.25) is 0 Å². The van der Waals surface area contributed by atoms with Crippen LogP contribution < -0.4 is 10.2 Å². The summed E-state index contributed by atoms with van der Waals surface area (Å²) in [7, 11) is 1.29. The number of pyridine rings is 1. The Bertz CT molecular complexity index is 1180. The van der Waals surface area contributed by atoms with Crippen molar-refractivity contribution in [2.24, 2.45) is 11.8 Å². The number of anilines is 1. The fraction of sp³-hybridized carbons (Fsp3) is 0.417. The van der Waals surface area contributed by atoms with Gasteiger partial charge in [-0.1, -0.05) is 12.1 Å². The van der Waals surface area contributed by atoms with E-state index in [-0.39, 0.29) is 24.4 Å². The Morgan fingerprint density at radius 1 is 1.30 bits per heavy atom. The van der Waals surface area contributed by atoms with Crippen molar-refractivity contribution in [1.82, 2.24) is 10.3 Å². The Kier molecular flexibility index (Phi) is 4.35. The second-order valence-electron chi connectivity index (χ2n) is 8.94. The average Bonchev–Trinajstić information content (AvgIpc) is 3.24. The molecular formula is C24H22N4O5. The standard InChI is InChI=1S/C24H22N4O5/c1-31-22(29)27-9-20-19-7-15-6-13(2-4-18(15)28(19)23(30)33-20)14-3-5-21(26-8-14)24(12-25)16-10-32-11-17(16)24/h2-6,8,16-17,19-20H,7,9-11H2,1H3,(H,27,29)/t16-,17+,19-,20-,24?/m0/s1. The molecule has 1 aliphatic carbocycles. The van der Waals surface area contributed by atoms with E-state index in [1.807, 2.05) is 30.5 Å². The van der Waals surface area contributed by atoms with Gasteiger partial charge in [0.25, 0.3) is 0 Å². The van der Waals surface area contributed by atoms with Crippen LogP contribution in [-0.2, 0) is 26.0 Å². The number of rotatable bonds is 4. The maximum atomic E-state index is 12.5. The minimum Gasteiger partial charge on any atom is -0.453 e. The van der Waals surface area contributed by atoms with Crippen molar-refractivity contribution in [2.45, 2.75) is 24.0 Å². The first-order chi connectivity index (χ1) is 16.1. The lowest BCUT2D eigenvalue weighted by Gasteiger charge is -2.16. The molecule has 1 unspecified atom stereocenters. The van der Waals surface area contributed by atoms with Gasteiger partial charge in [-0.3, -0.25) is 9.88 Å². The van der Waals surface area contributed by atoms with Crippen LogP contribution in [0.5, 0.6) is 0 Å². The lowest BCUT2D eigenvalue weighted by molar-refractivity contribution is 0.123. The smallest absolute Gasteiger partial charge is 0.415 e. The maximum Gasteiger partial charge on any atom is 0.415 e. The molecule has 4 aliphatic rings. The van der Waals surface area contributed by atoms with E-state index in [1.165, 1.54) is 7.11 Å². The second kappa shape index (κ2) is 7.18. The van der Waals surface area contributed by atoms with Gasteiger partial charge in [0.15, 0.2) is 0 Å². The van der Waals surface area contributed by atoms with Crippen molar-refractivity contribution in [1.29, 1.82) is 5.26 Å². The number of fused-ring (bicyclic) bond motifs is 4. The summed E-state index contributed by atoms with van der Waals surface area (Å²) >= 11 is 0. The molecule has 9 heteroatoms. The topological polar surface area (TPSA) is 114 Å². The molecule has 0 spiro atoms. The number of carbonyl (C=O) groups is 2. The van der Waals surface area contributed by atoms with Crippen LogP contribution in [0.25, 0.3) is 11.1 Å². The Hall–Kier alpha value is -3.64. The maximum absolute atomic E-state index is 12.5. The number of hydrogen-bond donors (Lipinski definition) is 1. The number of hydrogen-bond acceptors (Lipinski definition) is 7. The fourth-order valence-corrected chi connectivity index (χ4v) is 5.66. The van der Waals surface area contributed by atoms with Crippen molar-refractivity contribution in [3.8, 4) is 17.2 Å². The molecule has 3 aliphatic heterocycles. The van der Waals surface area contributed by atoms with Gasteiger partial charge >= 0.3 is 12.2 Å². The van der Waals surface area contributed by atoms with Crippen molar-refractivity contribution >= 4 is 17.9 Å². The molecule has 6 rings (SSSR count). The number of nitrogens with one attached hydrogen (secondary N) is 1. The molecule has 4 heterocycles. The van der Waals surface area contributed by atoms with Crippen molar-refractivity contribution in [3.05, 3.63) is 47.8 Å². The first-order valence-electron chi connectivity index (χ1n) is 11.0. The van der Waals surface area contributed by atoms with Crippen LogP contribution in [0, 0.1) is 23.2 Å². The molecular weight excluding hydrogens is 424 g/mol. The average molecular weight is 446 g/mol. The number of methoxy groups -OCH3 is 1. The summed E-state index contributed by atoms with van der Waals surface area (Å²) in [5, 5.41) is 12.4. The van der Waals surface area contributed by atoms with Gasteiger partial charge < -0.3 is 19.5 Å². The van der Waals surface area contributed by atoms with Crippen LogP contribution in [0.1, 0.15) is 11.3 Å².